The van der Waals surface area contributed by atoms with Crippen molar-refractivity contribution in [1.82, 2.24) is 25.0 Å². The van der Waals surface area contributed by atoms with E-state index in [2.05, 4.69) is 15.4 Å². The van der Waals surface area contributed by atoms with Crippen molar-refractivity contribution in [2.45, 2.75) is 57.3 Å². The molecule has 26 heavy (non-hydrogen) atoms. The molecule has 1 aromatic heterocycles. The maximum absolute atomic E-state index is 12.5. The van der Waals surface area contributed by atoms with Gasteiger partial charge in [-0.25, -0.2) is 4.79 Å². The number of hydrogen-bond donors (Lipinski definition) is 3. The lowest BCUT2D eigenvalue weighted by atomic mass is 9.96. The highest BCUT2D eigenvalue weighted by Gasteiger charge is 2.65. The fraction of sp³-hybridized carbons (Fsp3) is 0.688. The van der Waals surface area contributed by atoms with E-state index in [-0.39, 0.29) is 6.03 Å². The van der Waals surface area contributed by atoms with Crippen LogP contribution in [-0.4, -0.2) is 67.5 Å². The van der Waals surface area contributed by atoms with Gasteiger partial charge >= 0.3 is 6.03 Å². The summed E-state index contributed by atoms with van der Waals surface area (Å²) in [6.45, 7) is 6.16. The van der Waals surface area contributed by atoms with Gasteiger partial charge < -0.3 is 25.8 Å². The van der Waals surface area contributed by atoms with Crippen molar-refractivity contribution < 1.29 is 14.6 Å². The average molecular weight is 363 g/mol. The molecule has 3 aliphatic heterocycles. The monoisotopic (exact) mass is 363 g/mol. The molecule has 4 N–H and O–H groups in total. The SMILES string of the molecule is CC[C@@]12CN(c3nc(C)n(C)n3)[C@@H](C(N3C=C(C)C(N)NC3=O)O1)[C@@H]2O. The van der Waals surface area contributed by atoms with Gasteiger partial charge in [0.05, 0.1) is 6.54 Å². The topological polar surface area (TPSA) is 122 Å². The molecule has 3 aliphatic rings. The molecular formula is C16H25N7O3. The van der Waals surface area contributed by atoms with Crippen molar-refractivity contribution in [3.05, 3.63) is 17.6 Å². The molecule has 2 unspecified atom stereocenters. The number of nitrogens with one attached hydrogen (secondary N) is 1. The Bertz CT molecular complexity index is 758. The number of hydrogen-bond acceptors (Lipinski definition) is 7. The van der Waals surface area contributed by atoms with Crippen LogP contribution in [-0.2, 0) is 11.8 Å². The second-order valence-electron chi connectivity index (χ2n) is 7.28. The van der Waals surface area contributed by atoms with Gasteiger partial charge in [0.15, 0.2) is 6.23 Å². The lowest BCUT2D eigenvalue weighted by molar-refractivity contribution is -0.112. The number of morpholine rings is 1. The molecule has 0 aliphatic carbocycles. The van der Waals surface area contributed by atoms with E-state index < -0.39 is 30.1 Å². The van der Waals surface area contributed by atoms with Gasteiger partial charge in [-0.2, -0.15) is 4.98 Å². The van der Waals surface area contributed by atoms with Crippen LogP contribution in [0.2, 0.25) is 0 Å². The van der Waals surface area contributed by atoms with Crippen LogP contribution in [0.1, 0.15) is 26.1 Å². The molecule has 2 fully saturated rings. The molecule has 2 amide bonds. The number of aromatic nitrogens is 3. The first kappa shape index (κ1) is 17.3. The number of fused-ring (bicyclic) bond motifs is 2. The van der Waals surface area contributed by atoms with Crippen molar-refractivity contribution >= 4 is 12.0 Å². The maximum atomic E-state index is 12.5. The van der Waals surface area contributed by atoms with Crippen molar-refractivity contribution in [2.24, 2.45) is 12.8 Å². The standard InChI is InChI=1S/C16H25N7O3/c1-5-16-7-23(14-18-9(3)21(4)20-14)10(11(16)24)13(26-16)22-6-8(2)12(17)19-15(22)25/h6,10-13,24H,5,7,17H2,1-4H3,(H,19,25)/t10-,11+,12?,13?,16+/m1/s1. The molecule has 4 heterocycles. The summed E-state index contributed by atoms with van der Waals surface area (Å²) >= 11 is 0. The van der Waals surface area contributed by atoms with Crippen LogP contribution in [0.5, 0.6) is 0 Å². The number of anilines is 1. The number of aliphatic hydroxyl groups excluding tert-OH is 1. The molecule has 0 saturated carbocycles. The first-order valence-corrected chi connectivity index (χ1v) is 8.80. The van der Waals surface area contributed by atoms with Crippen molar-refractivity contribution in [3.8, 4) is 0 Å². The Kier molecular flexibility index (Phi) is 3.76. The fourth-order valence-corrected chi connectivity index (χ4v) is 3.96. The van der Waals surface area contributed by atoms with Crippen LogP contribution in [0.3, 0.4) is 0 Å². The fourth-order valence-electron chi connectivity index (χ4n) is 3.96. The van der Waals surface area contributed by atoms with Gasteiger partial charge in [-0.3, -0.25) is 9.58 Å². The Labute approximate surface area is 151 Å². The molecule has 0 radical (unpaired) electrons. The summed E-state index contributed by atoms with van der Waals surface area (Å²) < 4.78 is 7.91. The van der Waals surface area contributed by atoms with Crippen LogP contribution in [0, 0.1) is 6.92 Å². The zero-order valence-corrected chi connectivity index (χ0v) is 15.4. The first-order chi connectivity index (χ1) is 12.3. The Balaban J connectivity index is 1.72. The summed E-state index contributed by atoms with van der Waals surface area (Å²) in [4.78, 5) is 20.4. The Morgan fingerprint density at radius 2 is 2.23 bits per heavy atom. The molecule has 2 saturated heterocycles. The highest BCUT2D eigenvalue weighted by molar-refractivity contribution is 5.78. The minimum absolute atomic E-state index is 0.343. The van der Waals surface area contributed by atoms with E-state index >= 15 is 0 Å². The predicted molar refractivity (Wildman–Crippen MR) is 92.9 cm³/mol. The molecule has 142 valence electrons. The normalized spacial score (nSPS) is 36.5. The Morgan fingerprint density at radius 1 is 1.50 bits per heavy atom. The lowest BCUT2D eigenvalue weighted by Crippen LogP contribution is -2.60. The molecular weight excluding hydrogens is 338 g/mol. The number of aryl methyl sites for hydroxylation is 2. The van der Waals surface area contributed by atoms with E-state index in [1.165, 1.54) is 4.90 Å². The van der Waals surface area contributed by atoms with E-state index in [0.717, 1.165) is 11.4 Å². The Hall–Kier alpha value is -2.17. The average Bonchev–Trinajstić information content (AvgIpc) is 3.19. The summed E-state index contributed by atoms with van der Waals surface area (Å²) in [6, 6.07) is -0.801. The summed E-state index contributed by atoms with van der Waals surface area (Å²) in [5, 5.41) is 18.1. The highest BCUT2D eigenvalue weighted by atomic mass is 16.6. The zero-order chi connectivity index (χ0) is 18.8. The Morgan fingerprint density at radius 3 is 2.81 bits per heavy atom. The molecule has 10 nitrogen and oxygen atoms in total. The van der Waals surface area contributed by atoms with Crippen LogP contribution in [0.15, 0.2) is 11.8 Å². The quantitative estimate of drug-likeness (QED) is 0.655. The molecule has 4 rings (SSSR count). The third-order valence-electron chi connectivity index (χ3n) is 5.75. The van der Waals surface area contributed by atoms with Gasteiger partial charge in [-0.15, -0.1) is 5.10 Å². The van der Waals surface area contributed by atoms with Gasteiger partial charge in [-0.05, 0) is 25.8 Å². The summed E-state index contributed by atoms with van der Waals surface area (Å²) in [5.74, 6) is 1.31. The summed E-state index contributed by atoms with van der Waals surface area (Å²) in [7, 11) is 1.83. The van der Waals surface area contributed by atoms with E-state index in [1.807, 2.05) is 32.7 Å². The van der Waals surface area contributed by atoms with Crippen LogP contribution < -0.4 is 16.0 Å². The minimum Gasteiger partial charge on any atom is -0.388 e. The summed E-state index contributed by atoms with van der Waals surface area (Å²) in [6.07, 6.45) is 0.393. The molecule has 0 aromatic carbocycles. The number of nitrogens with two attached hydrogens (primary N) is 1. The molecule has 0 spiro atoms. The van der Waals surface area contributed by atoms with E-state index in [0.29, 0.717) is 18.9 Å². The smallest absolute Gasteiger partial charge is 0.325 e. The largest absolute Gasteiger partial charge is 0.388 e. The van der Waals surface area contributed by atoms with Gasteiger partial charge in [0, 0.05) is 13.2 Å². The van der Waals surface area contributed by atoms with E-state index in [9.17, 15) is 9.90 Å². The number of urea groups is 1. The van der Waals surface area contributed by atoms with Crippen LogP contribution in [0.25, 0.3) is 0 Å². The van der Waals surface area contributed by atoms with Gasteiger partial charge in [0.25, 0.3) is 0 Å². The number of amides is 2. The second-order valence-corrected chi connectivity index (χ2v) is 7.28. The zero-order valence-electron chi connectivity index (χ0n) is 15.4. The number of rotatable bonds is 3. The number of nitrogens with zero attached hydrogens (tertiary/aromatic N) is 5. The molecule has 10 heteroatoms. The third kappa shape index (κ3) is 2.25. The highest BCUT2D eigenvalue weighted by Crippen LogP contribution is 2.46. The van der Waals surface area contributed by atoms with Crippen LogP contribution in [0.4, 0.5) is 10.7 Å². The minimum atomic E-state index is -0.760. The third-order valence-corrected chi connectivity index (χ3v) is 5.75. The maximum Gasteiger partial charge on any atom is 0.325 e. The first-order valence-electron chi connectivity index (χ1n) is 8.80. The summed E-state index contributed by atoms with van der Waals surface area (Å²) in [5.41, 5.74) is 5.93. The number of carbonyl (C=O) groups is 1. The van der Waals surface area contributed by atoms with Gasteiger partial charge in [0.1, 0.15) is 29.7 Å². The number of ether oxygens (including phenoxy) is 1. The molecule has 1 aromatic rings. The van der Waals surface area contributed by atoms with Gasteiger partial charge in [-0.1, -0.05) is 6.92 Å². The van der Waals surface area contributed by atoms with Crippen LogP contribution >= 0.6 is 0 Å². The predicted octanol–water partition coefficient (Wildman–Crippen LogP) is -0.608. The van der Waals surface area contributed by atoms with E-state index in [4.69, 9.17) is 10.5 Å². The van der Waals surface area contributed by atoms with Gasteiger partial charge in [0.2, 0.25) is 5.95 Å². The second kappa shape index (κ2) is 5.66. The van der Waals surface area contributed by atoms with E-state index in [1.54, 1.807) is 10.9 Å². The molecule has 5 atom stereocenters. The lowest BCUT2D eigenvalue weighted by Gasteiger charge is -2.41. The van der Waals surface area contributed by atoms with Crippen molar-refractivity contribution in [2.75, 3.05) is 11.4 Å². The number of aliphatic hydroxyl groups is 1. The van der Waals surface area contributed by atoms with Crippen molar-refractivity contribution in [1.29, 1.82) is 0 Å². The number of carbonyl (C=O) groups excluding carboxylic acids is 1. The van der Waals surface area contributed by atoms with Crippen molar-refractivity contribution in [3.63, 3.8) is 0 Å². The molecule has 2 bridgehead atoms.